The summed E-state index contributed by atoms with van der Waals surface area (Å²) in [5.74, 6) is -5.13. The number of carbonyl (C=O) groups excluding carboxylic acids is 5. The Balaban J connectivity index is 1.75. The molecule has 0 aliphatic carbocycles. The highest BCUT2D eigenvalue weighted by Gasteiger charge is 2.34. The highest BCUT2D eigenvalue weighted by molar-refractivity contribution is 7.99. The number of para-hydroxylation sites is 1. The number of hydrogen-bond donors (Lipinski definition) is 8. The number of fused-ring (bicyclic) bond motifs is 3. The second-order valence-corrected chi connectivity index (χ2v) is 13.9. The fourth-order valence-corrected chi connectivity index (χ4v) is 6.63. The zero-order chi connectivity index (χ0) is 37.2. The summed E-state index contributed by atoms with van der Waals surface area (Å²) in [5.41, 5.74) is 1.88. The van der Waals surface area contributed by atoms with Crippen LogP contribution in [0.25, 0.3) is 10.9 Å². The van der Waals surface area contributed by atoms with Crippen molar-refractivity contribution < 1.29 is 39.0 Å². The second kappa shape index (κ2) is 17.8. The molecule has 17 heteroatoms. The molecule has 0 radical (unpaired) electrons. The Morgan fingerprint density at radius 2 is 1.73 bits per heavy atom. The van der Waals surface area contributed by atoms with E-state index in [1.807, 2.05) is 26.0 Å². The van der Waals surface area contributed by atoms with Crippen molar-refractivity contribution >= 4 is 58.2 Å². The van der Waals surface area contributed by atoms with Crippen LogP contribution in [0.4, 0.5) is 0 Å². The van der Waals surface area contributed by atoms with Gasteiger partial charge in [-0.1, -0.05) is 32.0 Å². The normalized spacial score (nSPS) is 23.1. The van der Waals surface area contributed by atoms with Gasteiger partial charge in [-0.3, -0.25) is 33.9 Å². The van der Waals surface area contributed by atoms with Crippen molar-refractivity contribution in [1.82, 2.24) is 41.5 Å². The Labute approximate surface area is 298 Å². The Morgan fingerprint density at radius 1 is 0.980 bits per heavy atom. The van der Waals surface area contributed by atoms with Gasteiger partial charge in [0, 0.05) is 48.1 Å². The molecule has 1 aromatic carbocycles. The molecule has 5 amide bonds. The molecule has 0 unspecified atom stereocenters. The minimum Gasteiger partial charge on any atom is -0.480 e. The van der Waals surface area contributed by atoms with Crippen LogP contribution in [0, 0.1) is 5.92 Å². The van der Waals surface area contributed by atoms with Gasteiger partial charge in [-0.05, 0) is 44.2 Å². The Hall–Kier alpha value is -5.03. The molecular formula is C34H44N8O8S. The zero-order valence-corrected chi connectivity index (χ0v) is 29.6. The van der Waals surface area contributed by atoms with E-state index in [-0.39, 0.29) is 37.4 Å². The minimum atomic E-state index is -1.53. The fourth-order valence-electron chi connectivity index (χ4n) is 5.52. The Kier molecular flexibility index (Phi) is 13.5. The number of aromatic amines is 1. The number of aryl methyl sites for hydroxylation is 1. The van der Waals surface area contributed by atoms with E-state index < -0.39 is 71.8 Å². The van der Waals surface area contributed by atoms with Crippen LogP contribution in [-0.4, -0.2) is 103 Å². The second-order valence-electron chi connectivity index (χ2n) is 12.9. The van der Waals surface area contributed by atoms with E-state index in [0.29, 0.717) is 21.8 Å². The fraction of sp³-hybridized carbons (Fsp3) is 0.471. The van der Waals surface area contributed by atoms with Gasteiger partial charge in [0.15, 0.2) is 0 Å². The molecule has 51 heavy (non-hydrogen) atoms. The standard InChI is InChI=1S/C34H44N8O8S/c1-17(2)13-24-30(46)37-18(3)29(45)42-28(19(4)43)32(48)40-26(34(49)50)16-51-33-22(21-7-5-6-8-23(21)41-33)14-25(31(47)39-24)38-27(44)10-9-20-15-35-11-12-36-20/h5-8,11-12,15,17-19,24-26,28,41,43H,9-10,13-14,16H2,1-4H3,(H,37,46)(H,38,44)(H,39,47)(H,40,48)(H,42,45)(H,49,50)/t18-,19-,24+,25+,26+,28+/m1/s1. The molecule has 1 aliphatic rings. The number of aromatic nitrogens is 3. The van der Waals surface area contributed by atoms with E-state index in [1.54, 1.807) is 18.3 Å². The van der Waals surface area contributed by atoms with Gasteiger partial charge in [0.1, 0.15) is 30.2 Å². The number of carboxylic acids is 1. The van der Waals surface area contributed by atoms with Crippen LogP contribution in [0.1, 0.15) is 51.8 Å². The Morgan fingerprint density at radius 3 is 2.39 bits per heavy atom. The highest BCUT2D eigenvalue weighted by atomic mass is 32.2. The van der Waals surface area contributed by atoms with E-state index in [1.165, 1.54) is 26.2 Å². The van der Waals surface area contributed by atoms with E-state index in [4.69, 9.17) is 0 Å². The monoisotopic (exact) mass is 724 g/mol. The summed E-state index contributed by atoms with van der Waals surface area (Å²) in [6.45, 7) is 6.35. The van der Waals surface area contributed by atoms with Gasteiger partial charge < -0.3 is 41.8 Å². The van der Waals surface area contributed by atoms with Gasteiger partial charge in [0.2, 0.25) is 29.5 Å². The third-order valence-corrected chi connectivity index (χ3v) is 9.36. The molecule has 0 fully saturated rings. The van der Waals surface area contributed by atoms with E-state index in [9.17, 15) is 39.0 Å². The number of benzene rings is 1. The SMILES string of the molecule is CC(C)C[C@@H]1NC(=O)[C@@H](NC(=O)CCc2cnccn2)Cc2c([nH]c3ccccc23)SC[C@@H](C(=O)O)NC(=O)[C@H]([C@@H](C)O)NC(=O)[C@@H](C)NC1=O. The number of aliphatic hydroxyl groups excluding tert-OH is 1. The molecule has 3 aromatic rings. The number of carboxylic acid groups (broad SMARTS) is 1. The zero-order valence-electron chi connectivity index (χ0n) is 28.8. The quantitative estimate of drug-likeness (QED) is 0.156. The molecule has 16 nitrogen and oxygen atoms in total. The number of nitrogens with zero attached hydrogens (tertiary/aromatic N) is 2. The first-order chi connectivity index (χ1) is 24.2. The molecule has 0 spiro atoms. The maximum atomic E-state index is 14.1. The van der Waals surface area contributed by atoms with Crippen LogP contribution < -0.4 is 26.6 Å². The number of aliphatic carboxylic acids is 1. The molecular weight excluding hydrogens is 680 g/mol. The Bertz CT molecular complexity index is 1730. The number of amides is 5. The molecule has 8 N–H and O–H groups in total. The van der Waals surface area contributed by atoms with Gasteiger partial charge in [-0.2, -0.15) is 0 Å². The van der Waals surface area contributed by atoms with Gasteiger partial charge in [-0.15, -0.1) is 11.8 Å². The van der Waals surface area contributed by atoms with Crippen LogP contribution in [-0.2, 0) is 41.6 Å². The molecule has 274 valence electrons. The van der Waals surface area contributed by atoms with Gasteiger partial charge >= 0.3 is 5.97 Å². The number of carbonyl (C=O) groups is 6. The lowest BCUT2D eigenvalue weighted by molar-refractivity contribution is -0.142. The average Bonchev–Trinajstić information content (AvgIpc) is 3.43. The third kappa shape index (κ3) is 10.7. The topological polar surface area (TPSA) is 245 Å². The van der Waals surface area contributed by atoms with Gasteiger partial charge in [0.05, 0.1) is 16.8 Å². The van der Waals surface area contributed by atoms with Crippen LogP contribution >= 0.6 is 11.8 Å². The molecule has 1 aliphatic heterocycles. The molecule has 0 bridgehead atoms. The average molecular weight is 725 g/mol. The molecule has 4 rings (SSSR count). The number of aliphatic hydroxyl groups is 1. The summed E-state index contributed by atoms with van der Waals surface area (Å²) < 4.78 is 0. The number of H-pyrrole nitrogens is 1. The molecule has 6 atom stereocenters. The third-order valence-electron chi connectivity index (χ3n) is 8.22. The van der Waals surface area contributed by atoms with Crippen molar-refractivity contribution in [3.63, 3.8) is 0 Å². The first-order valence-corrected chi connectivity index (χ1v) is 17.6. The molecule has 0 saturated carbocycles. The minimum absolute atomic E-state index is 0.00601. The van der Waals surface area contributed by atoms with Crippen molar-refractivity contribution in [2.45, 2.75) is 94.7 Å². The summed E-state index contributed by atoms with van der Waals surface area (Å²) in [6.07, 6.45) is 3.57. The maximum Gasteiger partial charge on any atom is 0.327 e. The highest BCUT2D eigenvalue weighted by Crippen LogP contribution is 2.31. The molecule has 2 aromatic heterocycles. The van der Waals surface area contributed by atoms with Crippen LogP contribution in [0.5, 0.6) is 0 Å². The van der Waals surface area contributed by atoms with Crippen LogP contribution in [0.15, 0.2) is 47.9 Å². The number of thioether (sulfide) groups is 1. The van der Waals surface area contributed by atoms with Crippen LogP contribution in [0.3, 0.4) is 0 Å². The lowest BCUT2D eigenvalue weighted by Crippen LogP contribution is -2.60. The summed E-state index contributed by atoms with van der Waals surface area (Å²) in [7, 11) is 0. The van der Waals surface area contributed by atoms with Crippen molar-refractivity contribution in [2.75, 3.05) is 5.75 Å². The lowest BCUT2D eigenvalue weighted by Gasteiger charge is -2.27. The van der Waals surface area contributed by atoms with Gasteiger partial charge in [0.25, 0.3) is 0 Å². The largest absolute Gasteiger partial charge is 0.480 e. The first kappa shape index (κ1) is 38.8. The first-order valence-electron chi connectivity index (χ1n) is 16.6. The van der Waals surface area contributed by atoms with E-state index in [2.05, 4.69) is 41.5 Å². The van der Waals surface area contributed by atoms with Gasteiger partial charge in [-0.25, -0.2) is 4.79 Å². The smallest absolute Gasteiger partial charge is 0.327 e. The van der Waals surface area contributed by atoms with Crippen molar-refractivity contribution in [3.05, 3.63) is 54.1 Å². The summed E-state index contributed by atoms with van der Waals surface area (Å²) in [4.78, 5) is 91.0. The van der Waals surface area contributed by atoms with Crippen molar-refractivity contribution in [3.8, 4) is 0 Å². The summed E-state index contributed by atoms with van der Waals surface area (Å²) in [6, 6.07) is 0.760. The lowest BCUT2D eigenvalue weighted by atomic mass is 10.00. The van der Waals surface area contributed by atoms with E-state index >= 15 is 0 Å². The summed E-state index contributed by atoms with van der Waals surface area (Å²) >= 11 is 1.08. The predicted octanol–water partition coefficient (Wildman–Crippen LogP) is 0.194. The molecule has 3 heterocycles. The summed E-state index contributed by atoms with van der Waals surface area (Å²) in [5, 5.41) is 34.5. The van der Waals surface area contributed by atoms with Crippen molar-refractivity contribution in [2.24, 2.45) is 5.92 Å². The van der Waals surface area contributed by atoms with E-state index in [0.717, 1.165) is 17.1 Å². The van der Waals surface area contributed by atoms with Crippen LogP contribution in [0.2, 0.25) is 0 Å². The predicted molar refractivity (Wildman–Crippen MR) is 187 cm³/mol. The number of hydrogen-bond acceptors (Lipinski definition) is 10. The number of rotatable bonds is 8. The number of nitrogens with one attached hydrogen (secondary N) is 6. The van der Waals surface area contributed by atoms with Crippen molar-refractivity contribution in [1.29, 1.82) is 0 Å². The molecule has 0 saturated heterocycles. The maximum absolute atomic E-state index is 14.1.